The predicted molar refractivity (Wildman–Crippen MR) is 91.2 cm³/mol. The number of hydrogen-bond donors (Lipinski definition) is 1. The molecular formula is C17H17ClN2O3. The number of hydrogen-bond acceptors (Lipinski definition) is 4. The second-order valence-corrected chi connectivity index (χ2v) is 4.97. The van der Waals surface area contributed by atoms with E-state index in [0.29, 0.717) is 23.1 Å². The van der Waals surface area contributed by atoms with Crippen LogP contribution in [-0.4, -0.2) is 25.3 Å². The number of benzene rings is 2. The van der Waals surface area contributed by atoms with Crippen LogP contribution in [0.25, 0.3) is 0 Å². The van der Waals surface area contributed by atoms with Crippen molar-refractivity contribution in [3.63, 3.8) is 0 Å². The second kappa shape index (κ2) is 8.80. The molecule has 0 heterocycles. The average molecular weight is 333 g/mol. The van der Waals surface area contributed by atoms with Crippen molar-refractivity contribution in [3.05, 3.63) is 59.1 Å². The molecule has 0 spiro atoms. The summed E-state index contributed by atoms with van der Waals surface area (Å²) in [5.41, 5.74) is 1.43. The van der Waals surface area contributed by atoms with Gasteiger partial charge in [-0.2, -0.15) is 0 Å². The lowest BCUT2D eigenvalue weighted by atomic mass is 10.2. The lowest BCUT2D eigenvalue weighted by Gasteiger charge is -2.10. The molecule has 2 aromatic rings. The van der Waals surface area contributed by atoms with Gasteiger partial charge >= 0.3 is 0 Å². The van der Waals surface area contributed by atoms with E-state index in [1.807, 2.05) is 19.1 Å². The summed E-state index contributed by atoms with van der Waals surface area (Å²) in [6.07, 6.45) is 1.51. The van der Waals surface area contributed by atoms with E-state index < -0.39 is 0 Å². The topological polar surface area (TPSA) is 59.9 Å². The number of nitrogens with zero attached hydrogens (tertiary/aromatic N) is 1. The molecule has 0 aliphatic heterocycles. The standard InChI is InChI=1S/C17H17ClN2O3/c1-2-22-16-6-4-3-5-15(16)20-17(21)12-23-19-11-13-7-9-14(18)10-8-13/h3-11H,2,12H2,1H3,(H,20,21)/b19-11+. The van der Waals surface area contributed by atoms with Crippen LogP contribution < -0.4 is 10.1 Å². The Labute approximate surface area is 139 Å². The molecule has 6 heteroatoms. The van der Waals surface area contributed by atoms with E-state index >= 15 is 0 Å². The van der Waals surface area contributed by atoms with E-state index in [1.165, 1.54) is 6.21 Å². The van der Waals surface area contributed by atoms with Gasteiger partial charge in [0.25, 0.3) is 5.91 Å². The van der Waals surface area contributed by atoms with Gasteiger partial charge in [0.05, 0.1) is 18.5 Å². The van der Waals surface area contributed by atoms with Crippen molar-refractivity contribution in [2.24, 2.45) is 5.16 Å². The largest absolute Gasteiger partial charge is 0.492 e. The molecule has 0 atom stereocenters. The molecule has 5 nitrogen and oxygen atoms in total. The highest BCUT2D eigenvalue weighted by Crippen LogP contribution is 2.23. The Hall–Kier alpha value is -2.53. The Morgan fingerprint density at radius 2 is 1.96 bits per heavy atom. The number of carbonyl (C=O) groups is 1. The minimum Gasteiger partial charge on any atom is -0.492 e. The first kappa shape index (κ1) is 16.8. The second-order valence-electron chi connectivity index (χ2n) is 4.54. The van der Waals surface area contributed by atoms with Gasteiger partial charge < -0.3 is 14.9 Å². The summed E-state index contributed by atoms with van der Waals surface area (Å²) in [5.74, 6) is 0.304. The SMILES string of the molecule is CCOc1ccccc1NC(=O)CO/N=C/c1ccc(Cl)cc1. The Morgan fingerprint density at radius 3 is 2.70 bits per heavy atom. The fraction of sp³-hybridized carbons (Fsp3) is 0.176. The van der Waals surface area contributed by atoms with Gasteiger partial charge in [0, 0.05) is 5.02 Å². The zero-order chi connectivity index (χ0) is 16.5. The van der Waals surface area contributed by atoms with Crippen molar-refractivity contribution in [1.29, 1.82) is 0 Å². The van der Waals surface area contributed by atoms with Crippen LogP contribution in [0.4, 0.5) is 5.69 Å². The number of nitrogens with one attached hydrogen (secondary N) is 1. The van der Waals surface area contributed by atoms with Crippen LogP contribution in [0.3, 0.4) is 0 Å². The number of oxime groups is 1. The number of carbonyl (C=O) groups excluding carboxylic acids is 1. The summed E-state index contributed by atoms with van der Waals surface area (Å²) in [5, 5.41) is 7.12. The Bertz CT molecular complexity index is 672. The number of amides is 1. The first-order valence-electron chi connectivity index (χ1n) is 7.11. The molecule has 0 bridgehead atoms. The third-order valence-electron chi connectivity index (χ3n) is 2.80. The minimum atomic E-state index is -0.314. The number of ether oxygens (including phenoxy) is 1. The summed E-state index contributed by atoms with van der Waals surface area (Å²) in [7, 11) is 0. The smallest absolute Gasteiger partial charge is 0.265 e. The quantitative estimate of drug-likeness (QED) is 0.621. The van der Waals surface area contributed by atoms with E-state index in [4.69, 9.17) is 21.2 Å². The number of rotatable bonds is 7. The summed E-state index contributed by atoms with van der Waals surface area (Å²) < 4.78 is 5.44. The van der Waals surface area contributed by atoms with Gasteiger partial charge in [0.2, 0.25) is 0 Å². The molecule has 2 aromatic carbocycles. The van der Waals surface area contributed by atoms with Crippen molar-refractivity contribution in [2.75, 3.05) is 18.5 Å². The van der Waals surface area contributed by atoms with Gasteiger partial charge in [-0.25, -0.2) is 0 Å². The fourth-order valence-electron chi connectivity index (χ4n) is 1.78. The zero-order valence-electron chi connectivity index (χ0n) is 12.7. The molecule has 0 aromatic heterocycles. The van der Waals surface area contributed by atoms with Crippen molar-refractivity contribution in [1.82, 2.24) is 0 Å². The maximum atomic E-state index is 11.8. The van der Waals surface area contributed by atoms with Crippen molar-refractivity contribution in [3.8, 4) is 5.75 Å². The van der Waals surface area contributed by atoms with Crippen molar-refractivity contribution in [2.45, 2.75) is 6.92 Å². The lowest BCUT2D eigenvalue weighted by Crippen LogP contribution is -2.17. The molecule has 1 amide bonds. The molecule has 1 N–H and O–H groups in total. The molecule has 0 aliphatic carbocycles. The van der Waals surface area contributed by atoms with Gasteiger partial charge in [-0.05, 0) is 36.8 Å². The molecule has 0 saturated carbocycles. The first-order chi connectivity index (χ1) is 11.2. The molecule has 2 rings (SSSR count). The van der Waals surface area contributed by atoms with Gasteiger partial charge in [0.15, 0.2) is 6.61 Å². The van der Waals surface area contributed by atoms with Crippen molar-refractivity contribution >= 4 is 29.4 Å². The zero-order valence-corrected chi connectivity index (χ0v) is 13.4. The highest BCUT2D eigenvalue weighted by molar-refractivity contribution is 6.30. The van der Waals surface area contributed by atoms with Gasteiger partial charge in [-0.3, -0.25) is 4.79 Å². The Kier molecular flexibility index (Phi) is 6.44. The van der Waals surface area contributed by atoms with Gasteiger partial charge in [0.1, 0.15) is 5.75 Å². The van der Waals surface area contributed by atoms with E-state index in [2.05, 4.69) is 10.5 Å². The minimum absolute atomic E-state index is 0.190. The van der Waals surface area contributed by atoms with Crippen LogP contribution in [0.2, 0.25) is 5.02 Å². The molecule has 120 valence electrons. The summed E-state index contributed by atoms with van der Waals surface area (Å²) in [4.78, 5) is 16.8. The number of para-hydroxylation sites is 2. The Balaban J connectivity index is 1.82. The van der Waals surface area contributed by atoms with E-state index in [1.54, 1.807) is 36.4 Å². The molecule has 0 fully saturated rings. The lowest BCUT2D eigenvalue weighted by molar-refractivity contribution is -0.120. The monoisotopic (exact) mass is 332 g/mol. The molecule has 0 aliphatic rings. The third kappa shape index (κ3) is 5.64. The summed E-state index contributed by atoms with van der Waals surface area (Å²) >= 11 is 5.79. The molecule has 0 unspecified atom stereocenters. The normalized spacial score (nSPS) is 10.5. The van der Waals surface area contributed by atoms with Gasteiger partial charge in [-0.1, -0.05) is 41.0 Å². The van der Waals surface area contributed by atoms with Crippen molar-refractivity contribution < 1.29 is 14.4 Å². The first-order valence-corrected chi connectivity index (χ1v) is 7.49. The average Bonchev–Trinajstić information content (AvgIpc) is 2.55. The van der Waals surface area contributed by atoms with Crippen LogP contribution in [0.1, 0.15) is 12.5 Å². The highest BCUT2D eigenvalue weighted by atomic mass is 35.5. The maximum Gasteiger partial charge on any atom is 0.265 e. The fourth-order valence-corrected chi connectivity index (χ4v) is 1.91. The van der Waals surface area contributed by atoms with E-state index in [9.17, 15) is 4.79 Å². The molecular weight excluding hydrogens is 316 g/mol. The maximum absolute atomic E-state index is 11.8. The Morgan fingerprint density at radius 1 is 1.22 bits per heavy atom. The highest BCUT2D eigenvalue weighted by Gasteiger charge is 2.07. The predicted octanol–water partition coefficient (Wildman–Crippen LogP) is 3.73. The number of halogens is 1. The summed E-state index contributed by atoms with van der Waals surface area (Å²) in [6, 6.07) is 14.3. The summed E-state index contributed by atoms with van der Waals surface area (Å²) in [6.45, 7) is 2.21. The van der Waals surface area contributed by atoms with Crippen LogP contribution in [0.5, 0.6) is 5.75 Å². The van der Waals surface area contributed by atoms with Crippen LogP contribution in [-0.2, 0) is 9.63 Å². The molecule has 0 saturated heterocycles. The van der Waals surface area contributed by atoms with Crippen LogP contribution in [0.15, 0.2) is 53.7 Å². The van der Waals surface area contributed by atoms with Crippen LogP contribution in [0, 0.1) is 0 Å². The molecule has 23 heavy (non-hydrogen) atoms. The van der Waals surface area contributed by atoms with E-state index in [-0.39, 0.29) is 12.5 Å². The third-order valence-corrected chi connectivity index (χ3v) is 3.05. The van der Waals surface area contributed by atoms with E-state index in [0.717, 1.165) is 5.56 Å². The van der Waals surface area contributed by atoms with Gasteiger partial charge in [-0.15, -0.1) is 0 Å². The van der Waals surface area contributed by atoms with Crippen LogP contribution >= 0.6 is 11.6 Å². The molecule has 0 radical (unpaired) electrons. The number of anilines is 1.